The molecule has 29 heavy (non-hydrogen) atoms. The molecule has 1 aliphatic carbocycles. The summed E-state index contributed by atoms with van der Waals surface area (Å²) in [5, 5.41) is 3.14. The molecule has 9 heteroatoms. The maximum atomic E-state index is 13.1. The Labute approximate surface area is 171 Å². The molecular formula is C20H24N5O3S-. The van der Waals surface area contributed by atoms with E-state index in [1.165, 1.54) is 0 Å². The van der Waals surface area contributed by atoms with Gasteiger partial charge in [0.2, 0.25) is 5.95 Å². The molecule has 0 bridgehead atoms. The number of rotatable bonds is 5. The van der Waals surface area contributed by atoms with Crippen LogP contribution in [0, 0.1) is 4.78 Å². The number of hydrogen-bond acceptors (Lipinski definition) is 8. The van der Waals surface area contributed by atoms with E-state index < -0.39 is 16.2 Å². The van der Waals surface area contributed by atoms with E-state index in [4.69, 9.17) is 9.52 Å². The number of fused-ring (bicyclic) bond motifs is 1. The predicted molar refractivity (Wildman–Crippen MR) is 111 cm³/mol. The second-order valence-corrected chi connectivity index (χ2v) is 8.90. The van der Waals surface area contributed by atoms with Crippen molar-refractivity contribution >= 4 is 34.0 Å². The second kappa shape index (κ2) is 7.62. The van der Waals surface area contributed by atoms with Gasteiger partial charge >= 0.3 is 0 Å². The summed E-state index contributed by atoms with van der Waals surface area (Å²) in [4.78, 5) is 23.8. The minimum absolute atomic E-state index is 0.0747. The first-order valence-corrected chi connectivity index (χ1v) is 11.0. The van der Waals surface area contributed by atoms with Crippen LogP contribution < -0.4 is 15.0 Å². The van der Waals surface area contributed by atoms with E-state index in [1.54, 1.807) is 24.9 Å². The topological polar surface area (TPSA) is 108 Å². The van der Waals surface area contributed by atoms with Crippen molar-refractivity contribution in [2.45, 2.75) is 56.9 Å². The molecule has 1 fully saturated rings. The highest BCUT2D eigenvalue weighted by Gasteiger charge is 2.45. The van der Waals surface area contributed by atoms with Crippen molar-refractivity contribution in [3.8, 4) is 5.75 Å². The molecule has 154 valence electrons. The van der Waals surface area contributed by atoms with E-state index in [2.05, 4.69) is 15.3 Å². The summed E-state index contributed by atoms with van der Waals surface area (Å²) in [5.41, 5.74) is 0.644. The third kappa shape index (κ3) is 4.05. The van der Waals surface area contributed by atoms with Crippen LogP contribution in [0.4, 0.5) is 17.5 Å². The molecule has 1 amide bonds. The van der Waals surface area contributed by atoms with Gasteiger partial charge in [0.25, 0.3) is 5.91 Å². The Kier molecular flexibility index (Phi) is 5.16. The van der Waals surface area contributed by atoms with Crippen LogP contribution in [0.2, 0.25) is 0 Å². The third-order valence-corrected chi connectivity index (χ3v) is 5.86. The molecule has 2 aromatic rings. The fourth-order valence-corrected chi connectivity index (χ4v) is 4.33. The van der Waals surface area contributed by atoms with E-state index >= 15 is 0 Å². The van der Waals surface area contributed by atoms with Crippen LogP contribution in [-0.2, 0) is 25.4 Å². The lowest BCUT2D eigenvalue weighted by atomic mass is 10.0. The summed E-state index contributed by atoms with van der Waals surface area (Å²) in [5.74, 6) is 1.52. The zero-order valence-electron chi connectivity index (χ0n) is 16.5. The number of carbonyl (C=O) groups excluding carboxylic acids is 1. The Morgan fingerprint density at radius 2 is 1.97 bits per heavy atom. The van der Waals surface area contributed by atoms with Gasteiger partial charge in [-0.05, 0) is 38.8 Å². The first kappa shape index (κ1) is 19.6. The number of aromatic nitrogens is 2. The lowest BCUT2D eigenvalue weighted by Gasteiger charge is -2.40. The molecule has 0 spiro atoms. The Balaban J connectivity index is 1.62. The average Bonchev–Trinajstić information content (AvgIpc) is 3.18. The van der Waals surface area contributed by atoms with Crippen LogP contribution in [0.15, 0.2) is 30.5 Å². The molecule has 1 aromatic heterocycles. The average molecular weight is 415 g/mol. The van der Waals surface area contributed by atoms with E-state index in [-0.39, 0.29) is 17.7 Å². The molecule has 2 heterocycles. The van der Waals surface area contributed by atoms with Gasteiger partial charge in [0.15, 0.2) is 17.2 Å². The number of ether oxygens (including phenoxy) is 1. The molecule has 1 saturated carbocycles. The van der Waals surface area contributed by atoms with Crippen molar-refractivity contribution in [2.75, 3.05) is 10.2 Å². The van der Waals surface area contributed by atoms with Gasteiger partial charge in [-0.1, -0.05) is 36.3 Å². The van der Waals surface area contributed by atoms with Crippen molar-refractivity contribution in [1.82, 2.24) is 9.97 Å². The number of nitrogens with zero attached hydrogens (tertiary/aromatic N) is 3. The van der Waals surface area contributed by atoms with Crippen molar-refractivity contribution in [1.29, 1.82) is 4.78 Å². The molecule has 2 N–H and O–H groups in total. The summed E-state index contributed by atoms with van der Waals surface area (Å²) in [7, 11) is -1.62. The number of benzene rings is 1. The molecule has 4 rings (SSSR count). The van der Waals surface area contributed by atoms with Gasteiger partial charge in [-0.3, -0.25) is 9.69 Å². The molecule has 2 aliphatic rings. The van der Waals surface area contributed by atoms with Crippen LogP contribution in [0.25, 0.3) is 0 Å². The molecule has 0 saturated heterocycles. The minimum Gasteiger partial charge on any atom is -0.472 e. The number of nitrogens with one attached hydrogen (secondary N) is 2. The number of carbonyl (C=O) groups is 1. The maximum Gasteiger partial charge on any atom is 0.272 e. The van der Waals surface area contributed by atoms with Crippen molar-refractivity contribution in [3.63, 3.8) is 0 Å². The van der Waals surface area contributed by atoms with Gasteiger partial charge in [-0.25, -0.2) is 4.98 Å². The molecule has 1 aromatic carbocycles. The van der Waals surface area contributed by atoms with Crippen LogP contribution in [0.1, 0.15) is 45.1 Å². The van der Waals surface area contributed by atoms with E-state index in [0.717, 1.165) is 36.9 Å². The standard InChI is InChI=1S/C20H24N5O3S/c1-20(2)18(26)25(15-5-3-4-6-15)17-16(28-20)11-22-19(24-17)23-14-9-7-13(8-10-14)12-29(21)27/h7-11,15,21H,3-6,12H2,1-2H3,(H,22,23,24)/q-1. The smallest absolute Gasteiger partial charge is 0.272 e. The first-order valence-electron chi connectivity index (χ1n) is 9.69. The van der Waals surface area contributed by atoms with E-state index in [9.17, 15) is 9.00 Å². The van der Waals surface area contributed by atoms with Gasteiger partial charge in [-0.15, -0.1) is 0 Å². The Bertz CT molecular complexity index is 990. The molecule has 0 radical (unpaired) electrons. The zero-order valence-corrected chi connectivity index (χ0v) is 17.3. The van der Waals surface area contributed by atoms with Crippen molar-refractivity contribution < 1.29 is 13.7 Å². The summed E-state index contributed by atoms with van der Waals surface area (Å²) in [6, 6.07) is 7.41. The highest BCUT2D eigenvalue weighted by atomic mass is 32.2. The van der Waals surface area contributed by atoms with Gasteiger partial charge < -0.3 is 19.0 Å². The monoisotopic (exact) mass is 414 g/mol. The van der Waals surface area contributed by atoms with Gasteiger partial charge in [0.05, 0.1) is 6.20 Å². The predicted octanol–water partition coefficient (Wildman–Crippen LogP) is 3.89. The van der Waals surface area contributed by atoms with Crippen molar-refractivity contribution in [3.05, 3.63) is 36.0 Å². The summed E-state index contributed by atoms with van der Waals surface area (Å²) >= 11 is 0. The van der Waals surface area contributed by atoms with Gasteiger partial charge in [0.1, 0.15) is 0 Å². The fraction of sp³-hybridized carbons (Fsp3) is 0.450. The maximum absolute atomic E-state index is 13.1. The SMILES string of the molecule is CC1(C)Oc2cnc(Nc3ccc(C[S-](=N)=O)cc3)nc2N(C2CCCC2)C1=O. The first-order chi connectivity index (χ1) is 13.8. The second-order valence-electron chi connectivity index (χ2n) is 7.92. The molecule has 0 unspecified atom stereocenters. The molecule has 0 atom stereocenters. The van der Waals surface area contributed by atoms with Gasteiger partial charge in [0, 0.05) is 11.7 Å². The lowest BCUT2D eigenvalue weighted by Crippen LogP contribution is -2.55. The minimum atomic E-state index is -1.62. The van der Waals surface area contributed by atoms with E-state index in [1.807, 2.05) is 24.3 Å². The summed E-state index contributed by atoms with van der Waals surface area (Å²) in [6.45, 7) is 3.55. The van der Waals surface area contributed by atoms with E-state index in [0.29, 0.717) is 17.5 Å². The van der Waals surface area contributed by atoms with Crippen LogP contribution in [-0.4, -0.2) is 27.5 Å². The van der Waals surface area contributed by atoms with Crippen LogP contribution in [0.5, 0.6) is 5.75 Å². The van der Waals surface area contributed by atoms with Gasteiger partial charge in [-0.2, -0.15) is 15.6 Å². The Morgan fingerprint density at radius 1 is 1.28 bits per heavy atom. The summed E-state index contributed by atoms with van der Waals surface area (Å²) in [6.07, 6.45) is 5.76. The van der Waals surface area contributed by atoms with Crippen LogP contribution >= 0.6 is 0 Å². The highest BCUT2D eigenvalue weighted by molar-refractivity contribution is 7.72. The normalized spacial score (nSPS) is 18.6. The fourth-order valence-electron chi connectivity index (χ4n) is 3.84. The molecule has 8 nitrogen and oxygen atoms in total. The number of anilines is 3. The Morgan fingerprint density at radius 3 is 2.62 bits per heavy atom. The molecular weight excluding hydrogens is 390 g/mol. The number of amides is 1. The highest BCUT2D eigenvalue weighted by Crippen LogP contribution is 2.40. The quantitative estimate of drug-likeness (QED) is 0.719. The number of hydrogen-bond donors (Lipinski definition) is 2. The lowest BCUT2D eigenvalue weighted by molar-refractivity contribution is -0.133. The Hall–Kier alpha value is -2.68. The van der Waals surface area contributed by atoms with Crippen LogP contribution in [0.3, 0.4) is 0 Å². The molecule has 1 aliphatic heterocycles. The third-order valence-electron chi connectivity index (χ3n) is 5.26. The summed E-state index contributed by atoms with van der Waals surface area (Å²) < 4.78 is 24.1. The zero-order chi connectivity index (χ0) is 20.6. The van der Waals surface area contributed by atoms with Crippen molar-refractivity contribution in [2.24, 2.45) is 0 Å². The largest absolute Gasteiger partial charge is 0.472 e.